The molecule has 0 saturated carbocycles. The zero-order valence-corrected chi connectivity index (χ0v) is 13.6. The molecule has 1 atom stereocenters. The van der Waals surface area contributed by atoms with Gasteiger partial charge in [0.2, 0.25) is 11.2 Å². The Morgan fingerprint density at radius 1 is 1.38 bits per heavy atom. The van der Waals surface area contributed by atoms with Gasteiger partial charge >= 0.3 is 0 Å². The van der Waals surface area contributed by atoms with Gasteiger partial charge in [-0.1, -0.05) is 0 Å². The molecule has 7 heteroatoms. The highest BCUT2D eigenvalue weighted by atomic mass is 16.5. The van der Waals surface area contributed by atoms with Crippen LogP contribution >= 0.6 is 0 Å². The zero-order chi connectivity index (χ0) is 17.1. The largest absolute Gasteiger partial charge is 0.490 e. The van der Waals surface area contributed by atoms with Crippen molar-refractivity contribution in [1.29, 1.82) is 0 Å². The summed E-state index contributed by atoms with van der Waals surface area (Å²) in [6.45, 7) is 0.966. The van der Waals surface area contributed by atoms with Crippen LogP contribution in [-0.4, -0.2) is 31.6 Å². The maximum absolute atomic E-state index is 12.7. The molecule has 0 unspecified atom stereocenters. The van der Waals surface area contributed by atoms with Crippen molar-refractivity contribution >= 4 is 5.91 Å². The van der Waals surface area contributed by atoms with Crippen LogP contribution < -0.4 is 10.2 Å². The topological polar surface area (TPSA) is 82.1 Å². The monoisotopic (exact) mass is 333 g/mol. The molecule has 1 fully saturated rings. The summed E-state index contributed by atoms with van der Waals surface area (Å²) >= 11 is 0. The number of carbonyl (C=O) groups excluding carboxylic acids is 1. The Hall–Kier alpha value is -2.54. The predicted molar refractivity (Wildman–Crippen MR) is 84.0 cm³/mol. The second-order valence-electron chi connectivity index (χ2n) is 5.57. The van der Waals surface area contributed by atoms with Crippen LogP contribution in [0.2, 0.25) is 0 Å². The predicted octanol–water partition coefficient (Wildman–Crippen LogP) is 2.37. The summed E-state index contributed by atoms with van der Waals surface area (Å²) in [7, 11) is 2.97. The molecule has 1 aliphatic rings. The Morgan fingerprint density at radius 3 is 2.92 bits per heavy atom. The molecule has 2 aromatic heterocycles. The van der Waals surface area contributed by atoms with Gasteiger partial charge in [0.15, 0.2) is 5.76 Å². The van der Waals surface area contributed by atoms with Gasteiger partial charge in [-0.3, -0.25) is 9.59 Å². The molecule has 0 bridgehead atoms. The van der Waals surface area contributed by atoms with Crippen molar-refractivity contribution in [3.63, 3.8) is 0 Å². The lowest BCUT2D eigenvalue weighted by Gasteiger charge is -2.22. The van der Waals surface area contributed by atoms with Crippen molar-refractivity contribution in [1.82, 2.24) is 4.90 Å². The van der Waals surface area contributed by atoms with Gasteiger partial charge in [-0.2, -0.15) is 0 Å². The van der Waals surface area contributed by atoms with Gasteiger partial charge in [0.05, 0.1) is 13.2 Å². The van der Waals surface area contributed by atoms with Crippen molar-refractivity contribution in [3.8, 4) is 5.75 Å². The van der Waals surface area contributed by atoms with Crippen molar-refractivity contribution in [3.05, 3.63) is 52.0 Å². The lowest BCUT2D eigenvalue weighted by Crippen LogP contribution is -2.31. The lowest BCUT2D eigenvalue weighted by atomic mass is 10.1. The summed E-state index contributed by atoms with van der Waals surface area (Å²) in [6, 6.07) is 4.69. The maximum Gasteiger partial charge on any atom is 0.290 e. The Balaban J connectivity index is 1.82. The number of carbonyl (C=O) groups is 1. The molecule has 1 saturated heterocycles. The van der Waals surface area contributed by atoms with Crippen molar-refractivity contribution < 1.29 is 23.1 Å². The van der Waals surface area contributed by atoms with Gasteiger partial charge in [-0.15, -0.1) is 0 Å². The Labute approximate surface area is 138 Å². The van der Waals surface area contributed by atoms with Crippen LogP contribution in [0, 0.1) is 0 Å². The zero-order valence-electron chi connectivity index (χ0n) is 13.6. The molecule has 128 valence electrons. The third kappa shape index (κ3) is 3.07. The number of hydrogen-bond donors (Lipinski definition) is 0. The smallest absolute Gasteiger partial charge is 0.290 e. The van der Waals surface area contributed by atoms with Crippen LogP contribution in [0.1, 0.15) is 41.0 Å². The van der Waals surface area contributed by atoms with Crippen LogP contribution in [-0.2, 0) is 11.3 Å². The SMILES string of the molecule is COCc1ccc([C@H]2CCCN2C(=O)c2cc(=O)c(OC)co2)o1. The minimum Gasteiger partial charge on any atom is -0.490 e. The van der Waals surface area contributed by atoms with Gasteiger partial charge in [0, 0.05) is 19.7 Å². The van der Waals surface area contributed by atoms with Crippen LogP contribution in [0.25, 0.3) is 0 Å². The van der Waals surface area contributed by atoms with Crippen LogP contribution in [0.3, 0.4) is 0 Å². The van der Waals surface area contributed by atoms with E-state index in [4.69, 9.17) is 18.3 Å². The number of amides is 1. The first kappa shape index (κ1) is 16.3. The molecule has 0 aromatic carbocycles. The van der Waals surface area contributed by atoms with E-state index in [1.165, 1.54) is 7.11 Å². The first-order chi connectivity index (χ1) is 11.6. The molecule has 3 rings (SSSR count). The average Bonchev–Trinajstić information content (AvgIpc) is 3.23. The third-order valence-corrected chi connectivity index (χ3v) is 4.04. The third-order valence-electron chi connectivity index (χ3n) is 4.04. The highest BCUT2D eigenvalue weighted by molar-refractivity contribution is 5.91. The minimum atomic E-state index is -0.386. The molecule has 2 aromatic rings. The molecule has 0 radical (unpaired) electrons. The van der Waals surface area contributed by atoms with Gasteiger partial charge in [-0.25, -0.2) is 0 Å². The van der Waals surface area contributed by atoms with Gasteiger partial charge in [-0.05, 0) is 25.0 Å². The van der Waals surface area contributed by atoms with Gasteiger partial charge in [0.25, 0.3) is 5.91 Å². The van der Waals surface area contributed by atoms with E-state index >= 15 is 0 Å². The number of rotatable bonds is 5. The summed E-state index contributed by atoms with van der Waals surface area (Å²) in [5, 5.41) is 0. The van der Waals surface area contributed by atoms with E-state index in [9.17, 15) is 9.59 Å². The molecular weight excluding hydrogens is 314 g/mol. The van der Waals surface area contributed by atoms with E-state index in [-0.39, 0.29) is 28.9 Å². The molecular formula is C17H19NO6. The first-order valence-electron chi connectivity index (χ1n) is 7.69. The Morgan fingerprint density at radius 2 is 2.21 bits per heavy atom. The Bertz CT molecular complexity index is 777. The number of furan rings is 1. The van der Waals surface area contributed by atoms with Crippen molar-refractivity contribution in [2.45, 2.75) is 25.5 Å². The molecule has 1 aliphatic heterocycles. The summed E-state index contributed by atoms with van der Waals surface area (Å²) in [6.07, 6.45) is 2.81. The molecule has 3 heterocycles. The second kappa shape index (κ2) is 6.92. The van der Waals surface area contributed by atoms with E-state index in [2.05, 4.69) is 0 Å². The summed E-state index contributed by atoms with van der Waals surface area (Å²) in [5.41, 5.74) is -0.386. The fourth-order valence-corrected chi connectivity index (χ4v) is 2.90. The van der Waals surface area contributed by atoms with E-state index in [1.54, 1.807) is 12.0 Å². The fourth-order valence-electron chi connectivity index (χ4n) is 2.90. The summed E-state index contributed by atoms with van der Waals surface area (Å²) in [4.78, 5) is 26.2. The molecule has 24 heavy (non-hydrogen) atoms. The lowest BCUT2D eigenvalue weighted by molar-refractivity contribution is 0.0680. The van der Waals surface area contributed by atoms with E-state index in [0.717, 1.165) is 25.2 Å². The molecule has 0 aliphatic carbocycles. The van der Waals surface area contributed by atoms with Gasteiger partial charge in [0.1, 0.15) is 24.4 Å². The second-order valence-corrected chi connectivity index (χ2v) is 5.57. The molecule has 7 nitrogen and oxygen atoms in total. The standard InChI is InChI=1S/C17H19NO6/c1-21-9-11-5-6-14(24-11)12-4-3-7-18(12)17(20)15-8-13(19)16(22-2)10-23-15/h5-6,8,10,12H,3-4,7,9H2,1-2H3/t12-/m1/s1. The maximum atomic E-state index is 12.7. The number of likely N-dealkylation sites (tertiary alicyclic amines) is 1. The Kier molecular flexibility index (Phi) is 4.71. The van der Waals surface area contributed by atoms with E-state index in [0.29, 0.717) is 24.7 Å². The van der Waals surface area contributed by atoms with Crippen LogP contribution in [0.15, 0.2) is 38.1 Å². The van der Waals surface area contributed by atoms with Crippen molar-refractivity contribution in [2.75, 3.05) is 20.8 Å². The number of nitrogens with zero attached hydrogens (tertiary/aromatic N) is 1. The van der Waals surface area contributed by atoms with E-state index < -0.39 is 0 Å². The average molecular weight is 333 g/mol. The quantitative estimate of drug-likeness (QED) is 0.835. The summed E-state index contributed by atoms with van der Waals surface area (Å²) < 4.78 is 20.9. The van der Waals surface area contributed by atoms with Crippen molar-refractivity contribution in [2.24, 2.45) is 0 Å². The molecule has 0 N–H and O–H groups in total. The molecule has 0 spiro atoms. The number of methoxy groups -OCH3 is 2. The highest BCUT2D eigenvalue weighted by Gasteiger charge is 2.34. The fraction of sp³-hybridized carbons (Fsp3) is 0.412. The normalized spacial score (nSPS) is 17.2. The number of hydrogen-bond acceptors (Lipinski definition) is 6. The van der Waals surface area contributed by atoms with Crippen LogP contribution in [0.4, 0.5) is 0 Å². The highest BCUT2D eigenvalue weighted by Crippen LogP contribution is 2.34. The van der Waals surface area contributed by atoms with Gasteiger partial charge < -0.3 is 23.2 Å². The van der Waals surface area contributed by atoms with Crippen LogP contribution in [0.5, 0.6) is 5.75 Å². The minimum absolute atomic E-state index is 0.00336. The number of ether oxygens (including phenoxy) is 2. The summed E-state index contributed by atoms with van der Waals surface area (Å²) in [5.74, 6) is 1.16. The molecule has 1 amide bonds. The van der Waals surface area contributed by atoms with E-state index in [1.807, 2.05) is 12.1 Å². The first-order valence-corrected chi connectivity index (χ1v) is 7.69.